The molecule has 0 bridgehead atoms. The lowest BCUT2D eigenvalue weighted by molar-refractivity contribution is 0.0523. The summed E-state index contributed by atoms with van der Waals surface area (Å²) in [6, 6.07) is 13.9. The number of nitrogens with zero attached hydrogens (tertiary/aromatic N) is 2. The van der Waals surface area contributed by atoms with Crippen molar-refractivity contribution >= 4 is 11.7 Å². The van der Waals surface area contributed by atoms with Crippen molar-refractivity contribution in [1.29, 1.82) is 0 Å². The van der Waals surface area contributed by atoms with Gasteiger partial charge in [0.05, 0.1) is 5.69 Å². The van der Waals surface area contributed by atoms with E-state index in [-0.39, 0.29) is 0 Å². The van der Waals surface area contributed by atoms with Crippen LogP contribution in [0.1, 0.15) is 26.3 Å². The van der Waals surface area contributed by atoms with Gasteiger partial charge in [0.2, 0.25) is 0 Å². The summed E-state index contributed by atoms with van der Waals surface area (Å²) in [5.41, 5.74) is 3.40. The molecule has 1 N–H and O–H groups in total. The minimum absolute atomic E-state index is 0.410. The Labute approximate surface area is 141 Å². The topological polar surface area (TPSA) is 55.6 Å². The molecule has 1 amide bonds. The number of hydrogen-bond acceptors (Lipinski definition) is 3. The van der Waals surface area contributed by atoms with Gasteiger partial charge < -0.3 is 14.5 Å². The Morgan fingerprint density at radius 2 is 1.92 bits per heavy atom. The summed E-state index contributed by atoms with van der Waals surface area (Å²) in [5, 5.41) is 2.76. The van der Waals surface area contributed by atoms with Crippen LogP contribution in [-0.2, 0) is 11.3 Å². The summed E-state index contributed by atoms with van der Waals surface area (Å²) in [7, 11) is 0. The van der Waals surface area contributed by atoms with E-state index < -0.39 is 11.7 Å². The molecule has 0 atom stereocenters. The molecule has 0 aliphatic rings. The van der Waals surface area contributed by atoms with Crippen LogP contribution >= 0.6 is 0 Å². The fraction of sp³-hybridized carbons (Fsp3) is 0.263. The quantitative estimate of drug-likeness (QED) is 0.792. The van der Waals surface area contributed by atoms with Crippen molar-refractivity contribution in [3.05, 3.63) is 60.4 Å². The Kier molecular flexibility index (Phi) is 4.25. The number of benzene rings is 1. The fourth-order valence-corrected chi connectivity index (χ4v) is 2.36. The number of carbonyl (C=O) groups is 1. The molecule has 2 heterocycles. The second kappa shape index (κ2) is 6.35. The molecule has 0 fully saturated rings. The molecule has 0 unspecified atom stereocenters. The Balaban J connectivity index is 1.66. The average Bonchev–Trinajstić information content (AvgIpc) is 2.96. The highest BCUT2D eigenvalue weighted by molar-refractivity contribution is 5.68. The lowest BCUT2D eigenvalue weighted by Crippen LogP contribution is -2.32. The third-order valence-corrected chi connectivity index (χ3v) is 3.45. The lowest BCUT2D eigenvalue weighted by Gasteiger charge is -2.19. The van der Waals surface area contributed by atoms with Gasteiger partial charge in [0.1, 0.15) is 11.2 Å². The Hall–Kier alpha value is -2.82. The number of pyridine rings is 1. The molecular formula is C19H21N3O2. The largest absolute Gasteiger partial charge is 0.444 e. The monoisotopic (exact) mass is 323 g/mol. The zero-order valence-electron chi connectivity index (χ0n) is 14.1. The van der Waals surface area contributed by atoms with Crippen LogP contribution in [0.2, 0.25) is 0 Å². The van der Waals surface area contributed by atoms with Crippen LogP contribution in [0.3, 0.4) is 0 Å². The van der Waals surface area contributed by atoms with Gasteiger partial charge in [-0.1, -0.05) is 30.3 Å². The highest BCUT2D eigenvalue weighted by Crippen LogP contribution is 2.19. The Morgan fingerprint density at radius 1 is 1.17 bits per heavy atom. The molecule has 5 heteroatoms. The first-order valence-electron chi connectivity index (χ1n) is 7.91. The smallest absolute Gasteiger partial charge is 0.407 e. The van der Waals surface area contributed by atoms with Crippen LogP contribution < -0.4 is 5.32 Å². The van der Waals surface area contributed by atoms with Crippen molar-refractivity contribution in [3.63, 3.8) is 0 Å². The Bertz CT molecular complexity index is 812. The maximum atomic E-state index is 11.7. The second-order valence-electron chi connectivity index (χ2n) is 6.64. The van der Waals surface area contributed by atoms with Crippen molar-refractivity contribution in [2.24, 2.45) is 0 Å². The first-order valence-corrected chi connectivity index (χ1v) is 7.91. The van der Waals surface area contributed by atoms with Crippen molar-refractivity contribution in [2.75, 3.05) is 0 Å². The standard InChI is InChI=1S/C19H21N3O2/c1-19(2,3)24-18(23)20-12-14-7-9-15(10-8-14)16-13-22-11-5-4-6-17(22)21-16/h4-11,13H,12H2,1-3H3,(H,20,23). The molecule has 0 aliphatic carbocycles. The van der Waals surface area contributed by atoms with E-state index >= 15 is 0 Å². The second-order valence-corrected chi connectivity index (χ2v) is 6.64. The van der Waals surface area contributed by atoms with Crippen LogP contribution in [0.5, 0.6) is 0 Å². The van der Waals surface area contributed by atoms with Gasteiger partial charge >= 0.3 is 6.09 Å². The van der Waals surface area contributed by atoms with E-state index in [0.717, 1.165) is 22.5 Å². The lowest BCUT2D eigenvalue weighted by atomic mass is 10.1. The minimum atomic E-state index is -0.489. The van der Waals surface area contributed by atoms with Crippen LogP contribution in [-0.4, -0.2) is 21.1 Å². The number of alkyl carbamates (subject to hydrolysis) is 1. The number of aromatic nitrogens is 2. The zero-order valence-corrected chi connectivity index (χ0v) is 14.1. The van der Waals surface area contributed by atoms with E-state index in [9.17, 15) is 4.79 Å². The van der Waals surface area contributed by atoms with E-state index in [1.54, 1.807) is 0 Å². The first-order chi connectivity index (χ1) is 11.4. The fourth-order valence-electron chi connectivity index (χ4n) is 2.36. The van der Waals surface area contributed by atoms with Gasteiger partial charge in [-0.2, -0.15) is 0 Å². The number of hydrogen-bond donors (Lipinski definition) is 1. The predicted octanol–water partition coefficient (Wildman–Crippen LogP) is 4.03. The molecule has 124 valence electrons. The van der Waals surface area contributed by atoms with Crippen molar-refractivity contribution in [2.45, 2.75) is 32.9 Å². The summed E-state index contributed by atoms with van der Waals surface area (Å²) >= 11 is 0. The van der Waals surface area contributed by atoms with Gasteiger partial charge in [0.15, 0.2) is 0 Å². The zero-order chi connectivity index (χ0) is 17.2. The van der Waals surface area contributed by atoms with Crippen LogP contribution in [0.15, 0.2) is 54.9 Å². The molecule has 0 spiro atoms. The van der Waals surface area contributed by atoms with Crippen LogP contribution in [0, 0.1) is 0 Å². The first kappa shape index (κ1) is 16.1. The van der Waals surface area contributed by atoms with Crippen LogP contribution in [0.4, 0.5) is 4.79 Å². The molecule has 2 aromatic heterocycles. The third kappa shape index (κ3) is 3.93. The maximum Gasteiger partial charge on any atom is 0.407 e. The van der Waals surface area contributed by atoms with Gasteiger partial charge in [0.25, 0.3) is 0 Å². The minimum Gasteiger partial charge on any atom is -0.444 e. The van der Waals surface area contributed by atoms with Gasteiger partial charge in [-0.05, 0) is 38.5 Å². The summed E-state index contributed by atoms with van der Waals surface area (Å²) in [4.78, 5) is 16.3. The molecule has 3 aromatic rings. The number of amides is 1. The summed E-state index contributed by atoms with van der Waals surface area (Å²) in [5.74, 6) is 0. The number of carbonyl (C=O) groups excluding carboxylic acids is 1. The summed E-state index contributed by atoms with van der Waals surface area (Å²) in [6.07, 6.45) is 3.57. The molecule has 24 heavy (non-hydrogen) atoms. The molecule has 3 rings (SSSR count). The van der Waals surface area contributed by atoms with E-state index in [4.69, 9.17) is 4.74 Å². The van der Waals surface area contributed by atoms with Gasteiger partial charge in [-0.15, -0.1) is 0 Å². The number of ether oxygens (including phenoxy) is 1. The van der Waals surface area contributed by atoms with E-state index in [1.807, 2.05) is 80.0 Å². The molecule has 0 radical (unpaired) electrons. The maximum absolute atomic E-state index is 11.7. The van der Waals surface area contributed by atoms with Crippen molar-refractivity contribution in [3.8, 4) is 11.3 Å². The van der Waals surface area contributed by atoms with E-state index in [2.05, 4.69) is 10.3 Å². The van der Waals surface area contributed by atoms with Crippen LogP contribution in [0.25, 0.3) is 16.9 Å². The van der Waals surface area contributed by atoms with Crippen molar-refractivity contribution in [1.82, 2.24) is 14.7 Å². The third-order valence-electron chi connectivity index (χ3n) is 3.45. The van der Waals surface area contributed by atoms with Crippen molar-refractivity contribution < 1.29 is 9.53 Å². The normalized spacial score (nSPS) is 11.5. The SMILES string of the molecule is CC(C)(C)OC(=O)NCc1ccc(-c2cn3ccccc3n2)cc1. The molecular weight excluding hydrogens is 302 g/mol. The molecule has 0 saturated heterocycles. The Morgan fingerprint density at radius 3 is 2.58 bits per heavy atom. The summed E-state index contributed by atoms with van der Waals surface area (Å²) < 4.78 is 7.22. The summed E-state index contributed by atoms with van der Waals surface area (Å²) in [6.45, 7) is 5.96. The number of nitrogens with one attached hydrogen (secondary N) is 1. The number of rotatable bonds is 3. The molecule has 5 nitrogen and oxygen atoms in total. The van der Waals surface area contributed by atoms with E-state index in [0.29, 0.717) is 6.54 Å². The molecule has 1 aromatic carbocycles. The number of imidazole rings is 1. The van der Waals surface area contributed by atoms with Gasteiger partial charge in [-0.25, -0.2) is 9.78 Å². The highest BCUT2D eigenvalue weighted by Gasteiger charge is 2.15. The molecule has 0 aliphatic heterocycles. The average molecular weight is 323 g/mol. The highest BCUT2D eigenvalue weighted by atomic mass is 16.6. The number of fused-ring (bicyclic) bond motifs is 1. The van der Waals surface area contributed by atoms with Gasteiger partial charge in [-0.3, -0.25) is 0 Å². The molecule has 0 saturated carbocycles. The predicted molar refractivity (Wildman–Crippen MR) is 93.7 cm³/mol. The van der Waals surface area contributed by atoms with E-state index in [1.165, 1.54) is 0 Å². The van der Waals surface area contributed by atoms with Gasteiger partial charge in [0, 0.05) is 24.5 Å².